The summed E-state index contributed by atoms with van der Waals surface area (Å²) in [6.07, 6.45) is 1.07. The van der Waals surface area contributed by atoms with Gasteiger partial charge in [0.05, 0.1) is 10.7 Å². The molecule has 1 aromatic carbocycles. The molecule has 0 atom stereocenters. The van der Waals surface area contributed by atoms with Gasteiger partial charge in [-0.1, -0.05) is 11.6 Å². The summed E-state index contributed by atoms with van der Waals surface area (Å²) in [5, 5.41) is 22.1. The lowest BCUT2D eigenvalue weighted by molar-refractivity contribution is -0.646. The highest BCUT2D eigenvalue weighted by Crippen LogP contribution is 2.24. The first-order chi connectivity index (χ1) is 9.81. The Hall–Kier alpha value is -2.48. The van der Waals surface area contributed by atoms with Crippen LogP contribution in [0.15, 0.2) is 47.6 Å². The van der Waals surface area contributed by atoms with Crippen molar-refractivity contribution in [2.75, 3.05) is 0 Å². The second-order valence-corrected chi connectivity index (χ2v) is 6.45. The summed E-state index contributed by atoms with van der Waals surface area (Å²) in [6, 6.07) is 8.23. The first-order valence-corrected chi connectivity index (χ1v) is 7.61. The van der Waals surface area contributed by atoms with Gasteiger partial charge in [-0.05, 0) is 19.1 Å². The number of hydrogen-bond acceptors (Lipinski definition) is 5. The topological polar surface area (TPSA) is 104 Å². The Kier molecular flexibility index (Phi) is 3.90. The molecule has 8 heteroatoms. The molecule has 110 valence electrons. The van der Waals surface area contributed by atoms with Gasteiger partial charge in [0, 0.05) is 23.8 Å². The van der Waals surface area contributed by atoms with Crippen molar-refractivity contribution in [3.8, 4) is 0 Å². The van der Waals surface area contributed by atoms with Crippen LogP contribution in [0.4, 0.5) is 5.69 Å². The van der Waals surface area contributed by atoms with Crippen molar-refractivity contribution < 1.29 is 18.1 Å². The van der Waals surface area contributed by atoms with E-state index >= 15 is 0 Å². The van der Waals surface area contributed by atoms with Crippen LogP contribution in [0, 0.1) is 22.2 Å². The van der Waals surface area contributed by atoms with E-state index < -0.39 is 25.5 Å². The summed E-state index contributed by atoms with van der Waals surface area (Å²) in [6.45, 7) is 1.70. The third-order valence-electron chi connectivity index (χ3n) is 2.88. The van der Waals surface area contributed by atoms with Crippen LogP contribution in [0.1, 0.15) is 11.1 Å². The third-order valence-corrected chi connectivity index (χ3v) is 4.53. The molecule has 0 bridgehead atoms. The molecule has 0 saturated carbocycles. The van der Waals surface area contributed by atoms with Crippen LogP contribution in [0.3, 0.4) is 0 Å². The Morgan fingerprint density at radius 2 is 1.95 bits per heavy atom. The number of sulfone groups is 1. The molecule has 0 unspecified atom stereocenters. The maximum atomic E-state index is 12.3. The van der Waals surface area contributed by atoms with Gasteiger partial charge in [-0.3, -0.25) is 10.1 Å². The lowest BCUT2D eigenvalue weighted by Gasteiger charge is -2.06. The van der Waals surface area contributed by atoms with Gasteiger partial charge < -0.3 is 5.21 Å². The minimum absolute atomic E-state index is 0.0591. The standard InChI is InChI=1S/C13H12N2O5S/c1-10-5-6-12(15(17)18)11(8-10)9-21(19,20)13-4-2-3-7-14(13)16/h2-8H,9H2,1H3. The second-order valence-electron chi connectivity index (χ2n) is 4.51. The predicted octanol–water partition coefficient (Wildman–Crippen LogP) is 1.51. The molecule has 1 aromatic heterocycles. The summed E-state index contributed by atoms with van der Waals surface area (Å²) < 4.78 is 24.8. The van der Waals surface area contributed by atoms with E-state index in [2.05, 4.69) is 0 Å². The average molecular weight is 308 g/mol. The van der Waals surface area contributed by atoms with E-state index in [0.29, 0.717) is 5.56 Å². The van der Waals surface area contributed by atoms with Crippen LogP contribution in [-0.4, -0.2) is 13.3 Å². The molecule has 0 radical (unpaired) electrons. The van der Waals surface area contributed by atoms with Crippen molar-refractivity contribution in [3.05, 3.63) is 69.0 Å². The van der Waals surface area contributed by atoms with Gasteiger partial charge in [0.15, 0.2) is 6.20 Å². The van der Waals surface area contributed by atoms with Gasteiger partial charge in [0.2, 0.25) is 9.84 Å². The summed E-state index contributed by atoms with van der Waals surface area (Å²) in [7, 11) is -3.97. The van der Waals surface area contributed by atoms with Crippen molar-refractivity contribution >= 4 is 15.5 Å². The highest BCUT2D eigenvalue weighted by molar-refractivity contribution is 7.90. The van der Waals surface area contributed by atoms with E-state index in [-0.39, 0.29) is 16.0 Å². The number of benzene rings is 1. The fourth-order valence-electron chi connectivity index (χ4n) is 1.94. The molecule has 0 fully saturated rings. The fraction of sp³-hybridized carbons (Fsp3) is 0.154. The molecule has 0 N–H and O–H groups in total. The maximum absolute atomic E-state index is 12.3. The molecule has 7 nitrogen and oxygen atoms in total. The molecule has 0 spiro atoms. The van der Waals surface area contributed by atoms with E-state index in [0.717, 1.165) is 6.20 Å². The Bertz CT molecular complexity index is 802. The molecular formula is C13H12N2O5S. The molecule has 1 heterocycles. The Morgan fingerprint density at radius 1 is 1.24 bits per heavy atom. The van der Waals surface area contributed by atoms with Crippen LogP contribution < -0.4 is 4.73 Å². The number of aromatic nitrogens is 1. The van der Waals surface area contributed by atoms with Crippen molar-refractivity contribution in [2.45, 2.75) is 17.7 Å². The van der Waals surface area contributed by atoms with Gasteiger partial charge in [-0.2, -0.15) is 4.73 Å². The van der Waals surface area contributed by atoms with Crippen LogP contribution in [-0.2, 0) is 15.6 Å². The van der Waals surface area contributed by atoms with Crippen molar-refractivity contribution in [1.29, 1.82) is 0 Å². The molecular weight excluding hydrogens is 296 g/mol. The molecule has 0 aliphatic heterocycles. The minimum Gasteiger partial charge on any atom is -0.618 e. The predicted molar refractivity (Wildman–Crippen MR) is 74.1 cm³/mol. The van der Waals surface area contributed by atoms with E-state index in [1.165, 1.54) is 36.4 Å². The van der Waals surface area contributed by atoms with Gasteiger partial charge in [0.1, 0.15) is 0 Å². The highest BCUT2D eigenvalue weighted by Gasteiger charge is 2.27. The average Bonchev–Trinajstić information content (AvgIpc) is 2.38. The molecule has 0 aliphatic carbocycles. The molecule has 0 saturated heterocycles. The molecule has 0 aliphatic rings. The number of pyridine rings is 1. The van der Waals surface area contributed by atoms with Crippen LogP contribution in [0.5, 0.6) is 0 Å². The zero-order valence-corrected chi connectivity index (χ0v) is 11.9. The van der Waals surface area contributed by atoms with Crippen molar-refractivity contribution in [1.82, 2.24) is 0 Å². The zero-order chi connectivity index (χ0) is 15.6. The number of nitrogens with zero attached hydrogens (tertiary/aromatic N) is 2. The lowest BCUT2D eigenvalue weighted by Crippen LogP contribution is -2.33. The number of nitro groups is 1. The Morgan fingerprint density at radius 3 is 2.57 bits per heavy atom. The SMILES string of the molecule is Cc1ccc([N+](=O)[O-])c(CS(=O)(=O)c2cccc[n+]2[O-])c1. The number of aryl methyl sites for hydroxylation is 1. The first kappa shape index (κ1) is 14.9. The van der Waals surface area contributed by atoms with Crippen LogP contribution in [0.25, 0.3) is 0 Å². The monoisotopic (exact) mass is 308 g/mol. The summed E-state index contributed by atoms with van der Waals surface area (Å²) in [5.74, 6) is -0.600. The van der Waals surface area contributed by atoms with Crippen molar-refractivity contribution in [3.63, 3.8) is 0 Å². The summed E-state index contributed by atoms with van der Waals surface area (Å²) in [5.41, 5.74) is 0.482. The molecule has 21 heavy (non-hydrogen) atoms. The first-order valence-electron chi connectivity index (χ1n) is 5.96. The quantitative estimate of drug-likeness (QED) is 0.368. The number of rotatable bonds is 4. The zero-order valence-electron chi connectivity index (χ0n) is 11.1. The smallest absolute Gasteiger partial charge is 0.308 e. The van der Waals surface area contributed by atoms with E-state index in [9.17, 15) is 23.7 Å². The Balaban J connectivity index is 2.49. The lowest BCUT2D eigenvalue weighted by atomic mass is 10.1. The van der Waals surface area contributed by atoms with Gasteiger partial charge in [0.25, 0.3) is 5.69 Å². The Labute approximate surface area is 121 Å². The maximum Gasteiger partial charge on any atom is 0.308 e. The third kappa shape index (κ3) is 3.16. The molecule has 2 aromatic rings. The van der Waals surface area contributed by atoms with Crippen LogP contribution >= 0.6 is 0 Å². The van der Waals surface area contributed by atoms with Gasteiger partial charge >= 0.3 is 5.03 Å². The van der Waals surface area contributed by atoms with Crippen molar-refractivity contribution in [2.24, 2.45) is 0 Å². The fourth-order valence-corrected chi connectivity index (χ4v) is 3.35. The summed E-state index contributed by atoms with van der Waals surface area (Å²) in [4.78, 5) is 10.3. The molecule has 2 rings (SSSR count). The van der Waals surface area contributed by atoms with E-state index in [4.69, 9.17) is 0 Å². The van der Waals surface area contributed by atoms with E-state index in [1.54, 1.807) is 6.92 Å². The van der Waals surface area contributed by atoms with Gasteiger partial charge in [-0.25, -0.2) is 8.42 Å². The van der Waals surface area contributed by atoms with Gasteiger partial charge in [-0.15, -0.1) is 0 Å². The normalized spacial score (nSPS) is 11.3. The molecule has 0 amide bonds. The van der Waals surface area contributed by atoms with E-state index in [1.807, 2.05) is 0 Å². The van der Waals surface area contributed by atoms with Crippen LogP contribution in [0.2, 0.25) is 0 Å². The number of nitro benzene ring substituents is 1. The highest BCUT2D eigenvalue weighted by atomic mass is 32.2. The largest absolute Gasteiger partial charge is 0.618 e. The minimum atomic E-state index is -3.97. The summed E-state index contributed by atoms with van der Waals surface area (Å²) >= 11 is 0. The number of hydrogen-bond donors (Lipinski definition) is 0. The second kappa shape index (κ2) is 5.49.